The Morgan fingerprint density at radius 2 is 1.74 bits per heavy atom. The SMILES string of the molecule is O=Cc1cccn(-c2ccc3ccccc3c2)c1=[Se]. The summed E-state index contributed by atoms with van der Waals surface area (Å²) in [5.74, 6) is 0. The summed E-state index contributed by atoms with van der Waals surface area (Å²) in [5, 5.41) is 2.39. The Labute approximate surface area is 118 Å². The van der Waals surface area contributed by atoms with Crippen LogP contribution in [0.25, 0.3) is 16.5 Å². The number of nitrogens with zero attached hydrogens (tertiary/aromatic N) is 1. The fourth-order valence-electron chi connectivity index (χ4n) is 2.13. The van der Waals surface area contributed by atoms with E-state index in [9.17, 15) is 4.79 Å². The van der Waals surface area contributed by atoms with Crippen molar-refractivity contribution >= 4 is 32.6 Å². The van der Waals surface area contributed by atoms with Crippen molar-refractivity contribution in [3.05, 3.63) is 70.6 Å². The van der Waals surface area contributed by atoms with Crippen LogP contribution in [-0.4, -0.2) is 26.4 Å². The van der Waals surface area contributed by atoms with Crippen molar-refractivity contribution in [2.24, 2.45) is 0 Å². The molecule has 0 aliphatic rings. The van der Waals surface area contributed by atoms with E-state index < -0.39 is 0 Å². The molecule has 0 atom stereocenters. The Hall–Kier alpha value is -1.96. The molecule has 3 aromatic rings. The Bertz CT molecular complexity index is 820. The number of hydrogen-bond acceptors (Lipinski definition) is 1. The van der Waals surface area contributed by atoms with Gasteiger partial charge >= 0.3 is 118 Å². The van der Waals surface area contributed by atoms with E-state index in [2.05, 4.69) is 45.9 Å². The molecule has 3 heteroatoms. The molecular weight excluding hydrogens is 301 g/mol. The molecule has 92 valence electrons. The molecule has 2 nitrogen and oxygen atoms in total. The molecule has 0 fully saturated rings. The number of carbonyl (C=O) groups excluding carboxylic acids is 1. The van der Waals surface area contributed by atoms with E-state index in [1.54, 1.807) is 6.07 Å². The summed E-state index contributed by atoms with van der Waals surface area (Å²) in [6.07, 6.45) is 2.81. The number of rotatable bonds is 2. The Balaban J connectivity index is 2.25. The maximum absolute atomic E-state index is 11.0. The van der Waals surface area contributed by atoms with Crippen LogP contribution in [0.4, 0.5) is 0 Å². The number of carbonyl (C=O) groups is 1. The monoisotopic (exact) mass is 313 g/mol. The third kappa shape index (κ3) is 2.18. The molecule has 1 heterocycles. The number of pyridine rings is 1. The van der Waals surface area contributed by atoms with Gasteiger partial charge in [0, 0.05) is 0 Å². The van der Waals surface area contributed by atoms with E-state index in [0.29, 0.717) is 5.56 Å². The zero-order chi connectivity index (χ0) is 13.2. The van der Waals surface area contributed by atoms with Gasteiger partial charge in [0.25, 0.3) is 0 Å². The summed E-state index contributed by atoms with van der Waals surface area (Å²) < 4.78 is 2.81. The summed E-state index contributed by atoms with van der Waals surface area (Å²) in [4.78, 5) is 11.0. The first-order valence-corrected chi connectivity index (χ1v) is 6.81. The van der Waals surface area contributed by atoms with Crippen LogP contribution in [0.1, 0.15) is 10.4 Å². The van der Waals surface area contributed by atoms with Gasteiger partial charge in [0.1, 0.15) is 0 Å². The average Bonchev–Trinajstić information content (AvgIpc) is 2.47. The molecule has 0 amide bonds. The average molecular weight is 312 g/mol. The van der Waals surface area contributed by atoms with Crippen molar-refractivity contribution in [2.45, 2.75) is 0 Å². The molecule has 1 aromatic heterocycles. The summed E-state index contributed by atoms with van der Waals surface area (Å²) in [6, 6.07) is 18.2. The van der Waals surface area contributed by atoms with Gasteiger partial charge in [-0.15, -0.1) is 0 Å². The summed E-state index contributed by atoms with van der Waals surface area (Å²) >= 11 is 2.97. The molecule has 0 saturated carbocycles. The molecule has 0 aliphatic carbocycles. The predicted octanol–water partition coefficient (Wildman–Crippen LogP) is 3.14. The van der Waals surface area contributed by atoms with Crippen molar-refractivity contribution in [2.75, 3.05) is 0 Å². The molecule has 2 aromatic carbocycles. The van der Waals surface area contributed by atoms with Gasteiger partial charge in [-0.1, -0.05) is 0 Å². The molecule has 0 bridgehead atoms. The van der Waals surface area contributed by atoms with E-state index in [0.717, 1.165) is 16.2 Å². The van der Waals surface area contributed by atoms with E-state index in [4.69, 9.17) is 0 Å². The zero-order valence-electron chi connectivity index (χ0n) is 10.1. The third-order valence-electron chi connectivity index (χ3n) is 3.11. The normalized spacial score (nSPS) is 10.5. The zero-order valence-corrected chi connectivity index (χ0v) is 11.8. The van der Waals surface area contributed by atoms with Gasteiger partial charge in [-0.05, 0) is 0 Å². The fraction of sp³-hybridized carbons (Fsp3) is 0. The van der Waals surface area contributed by atoms with Gasteiger partial charge < -0.3 is 0 Å². The van der Waals surface area contributed by atoms with Gasteiger partial charge in [0.2, 0.25) is 0 Å². The van der Waals surface area contributed by atoms with Crippen molar-refractivity contribution in [3.63, 3.8) is 0 Å². The molecule has 0 saturated heterocycles. The summed E-state index contributed by atoms with van der Waals surface area (Å²) in [5.41, 5.74) is 1.70. The first-order chi connectivity index (χ1) is 9.29. The van der Waals surface area contributed by atoms with Crippen LogP contribution in [0.2, 0.25) is 0 Å². The van der Waals surface area contributed by atoms with Crippen LogP contribution in [0, 0.1) is 4.19 Å². The van der Waals surface area contributed by atoms with Crippen molar-refractivity contribution in [3.8, 4) is 5.69 Å². The van der Waals surface area contributed by atoms with E-state index in [1.807, 2.05) is 29.0 Å². The predicted molar refractivity (Wildman–Crippen MR) is 77.7 cm³/mol. The number of fused-ring (bicyclic) bond motifs is 1. The Morgan fingerprint density at radius 3 is 2.53 bits per heavy atom. The van der Waals surface area contributed by atoms with Crippen LogP contribution in [0.3, 0.4) is 0 Å². The first-order valence-electron chi connectivity index (χ1n) is 5.95. The molecule has 0 N–H and O–H groups in total. The second-order valence-electron chi connectivity index (χ2n) is 4.29. The van der Waals surface area contributed by atoms with Gasteiger partial charge in [0.15, 0.2) is 0 Å². The third-order valence-corrected chi connectivity index (χ3v) is 4.02. The number of benzene rings is 2. The van der Waals surface area contributed by atoms with Gasteiger partial charge in [-0.25, -0.2) is 0 Å². The Kier molecular flexibility index (Phi) is 3.16. The van der Waals surface area contributed by atoms with E-state index in [1.165, 1.54) is 10.8 Å². The molecule has 0 spiro atoms. The van der Waals surface area contributed by atoms with Crippen molar-refractivity contribution in [1.82, 2.24) is 4.57 Å². The van der Waals surface area contributed by atoms with Crippen LogP contribution in [0.5, 0.6) is 0 Å². The van der Waals surface area contributed by atoms with Gasteiger partial charge in [-0.3, -0.25) is 0 Å². The molecular formula is C16H11NOSe. The Morgan fingerprint density at radius 1 is 0.947 bits per heavy atom. The van der Waals surface area contributed by atoms with E-state index >= 15 is 0 Å². The number of aldehydes is 1. The minimum atomic E-state index is 0.663. The van der Waals surface area contributed by atoms with Crippen LogP contribution in [-0.2, 0) is 0 Å². The quantitative estimate of drug-likeness (QED) is 0.526. The fourth-order valence-corrected chi connectivity index (χ4v) is 2.72. The van der Waals surface area contributed by atoms with E-state index in [-0.39, 0.29) is 0 Å². The van der Waals surface area contributed by atoms with Gasteiger partial charge in [0.05, 0.1) is 0 Å². The first kappa shape index (κ1) is 12.1. The van der Waals surface area contributed by atoms with Crippen LogP contribution < -0.4 is 0 Å². The van der Waals surface area contributed by atoms with Crippen molar-refractivity contribution in [1.29, 1.82) is 0 Å². The molecule has 0 aliphatic heterocycles. The minimum absolute atomic E-state index is 0.663. The maximum atomic E-state index is 11.0. The molecule has 3 rings (SSSR count). The molecule has 19 heavy (non-hydrogen) atoms. The molecule has 0 radical (unpaired) electrons. The van der Waals surface area contributed by atoms with Crippen LogP contribution >= 0.6 is 0 Å². The summed E-state index contributed by atoms with van der Waals surface area (Å²) in [6.45, 7) is 0. The van der Waals surface area contributed by atoms with Crippen molar-refractivity contribution < 1.29 is 4.79 Å². The second-order valence-corrected chi connectivity index (χ2v) is 5.10. The standard InChI is InChI=1S/C16H11NOSe/c18-11-14-6-3-9-17(16(14)19)15-8-7-12-4-1-2-5-13(12)10-15/h1-11H. The molecule has 0 unspecified atom stereocenters. The topological polar surface area (TPSA) is 22.0 Å². The summed E-state index contributed by atoms with van der Waals surface area (Å²) in [7, 11) is 0. The second kappa shape index (κ2) is 4.96. The van der Waals surface area contributed by atoms with Gasteiger partial charge in [-0.2, -0.15) is 0 Å². The van der Waals surface area contributed by atoms with Crippen LogP contribution in [0.15, 0.2) is 60.8 Å². The number of aromatic nitrogens is 1. The number of hydrogen-bond donors (Lipinski definition) is 0.